The summed E-state index contributed by atoms with van der Waals surface area (Å²) in [5.74, 6) is 1.06. The van der Waals surface area contributed by atoms with Gasteiger partial charge in [0.2, 0.25) is 5.91 Å². The maximum atomic E-state index is 12.4. The number of carbonyl (C=O) groups is 1. The Balaban J connectivity index is 1.74. The Morgan fingerprint density at radius 1 is 1.08 bits per heavy atom. The number of thioether (sulfide) groups is 1. The molecule has 0 unspecified atom stereocenters. The summed E-state index contributed by atoms with van der Waals surface area (Å²) in [6.07, 6.45) is 0. The molecule has 0 saturated carbocycles. The molecule has 3 rings (SSSR count). The van der Waals surface area contributed by atoms with Gasteiger partial charge < -0.3 is 10.1 Å². The maximum Gasteiger partial charge on any atom is 0.234 e. The van der Waals surface area contributed by atoms with Crippen LogP contribution in [0.1, 0.15) is 16.7 Å². The molecule has 0 spiro atoms. The van der Waals surface area contributed by atoms with Gasteiger partial charge in [0.25, 0.3) is 0 Å². The average molecular weight is 366 g/mol. The molecule has 2 aromatic carbocycles. The van der Waals surface area contributed by atoms with Crippen molar-refractivity contribution < 1.29 is 9.53 Å². The van der Waals surface area contributed by atoms with Gasteiger partial charge in [0.15, 0.2) is 0 Å². The molecule has 134 valence electrons. The fourth-order valence-corrected chi connectivity index (χ4v) is 3.65. The van der Waals surface area contributed by atoms with E-state index in [4.69, 9.17) is 4.74 Å². The number of nitrogens with one attached hydrogen (secondary N) is 1. The lowest BCUT2D eigenvalue weighted by atomic mass is 10.1. The highest BCUT2D eigenvalue weighted by Gasteiger charge is 2.10. The first-order chi connectivity index (χ1) is 12.5. The zero-order chi connectivity index (χ0) is 18.7. The van der Waals surface area contributed by atoms with Gasteiger partial charge in [-0.25, -0.2) is 4.98 Å². The standard InChI is InChI=1S/C21H22N2O2S/c1-13-6-5-7-14(2)21(13)23-19(24)12-26-20-10-15(3)17-9-8-16(25-4)11-18(17)22-20/h5-11H,12H2,1-4H3,(H,23,24). The van der Waals surface area contributed by atoms with Crippen molar-refractivity contribution in [3.05, 3.63) is 59.2 Å². The fourth-order valence-electron chi connectivity index (χ4n) is 2.88. The number of aryl methyl sites for hydroxylation is 3. The number of ether oxygens (including phenoxy) is 1. The lowest BCUT2D eigenvalue weighted by molar-refractivity contribution is -0.113. The van der Waals surface area contributed by atoms with Crippen LogP contribution < -0.4 is 10.1 Å². The Bertz CT molecular complexity index is 949. The highest BCUT2D eigenvalue weighted by atomic mass is 32.2. The molecule has 0 saturated heterocycles. The second kappa shape index (κ2) is 7.79. The van der Waals surface area contributed by atoms with Gasteiger partial charge in [-0.1, -0.05) is 30.0 Å². The molecular formula is C21H22N2O2S. The molecule has 26 heavy (non-hydrogen) atoms. The van der Waals surface area contributed by atoms with Crippen molar-refractivity contribution in [1.82, 2.24) is 4.98 Å². The molecule has 0 radical (unpaired) electrons. The van der Waals surface area contributed by atoms with Crippen LogP contribution in [0.4, 0.5) is 5.69 Å². The number of methoxy groups -OCH3 is 1. The number of benzene rings is 2. The van der Waals surface area contributed by atoms with Crippen LogP contribution in [-0.2, 0) is 4.79 Å². The zero-order valence-corrected chi connectivity index (χ0v) is 16.2. The van der Waals surface area contributed by atoms with Crippen molar-refractivity contribution in [2.75, 3.05) is 18.2 Å². The second-order valence-corrected chi connectivity index (χ2v) is 7.26. The van der Waals surface area contributed by atoms with Crippen LogP contribution in [0.25, 0.3) is 10.9 Å². The molecule has 4 nitrogen and oxygen atoms in total. The van der Waals surface area contributed by atoms with Crippen molar-refractivity contribution in [1.29, 1.82) is 0 Å². The van der Waals surface area contributed by atoms with Gasteiger partial charge >= 0.3 is 0 Å². The smallest absolute Gasteiger partial charge is 0.234 e. The molecule has 1 heterocycles. The Labute approximate surface area is 158 Å². The Morgan fingerprint density at radius 3 is 2.50 bits per heavy atom. The summed E-state index contributed by atoms with van der Waals surface area (Å²) < 4.78 is 5.28. The van der Waals surface area contributed by atoms with Crippen molar-refractivity contribution in [2.45, 2.75) is 25.8 Å². The van der Waals surface area contributed by atoms with Crippen molar-refractivity contribution in [2.24, 2.45) is 0 Å². The molecule has 0 fully saturated rings. The minimum atomic E-state index is -0.0300. The van der Waals surface area contributed by atoms with E-state index in [1.807, 2.05) is 56.3 Å². The molecule has 1 amide bonds. The van der Waals surface area contributed by atoms with E-state index in [1.54, 1.807) is 7.11 Å². The molecule has 1 N–H and O–H groups in total. The molecule has 0 bridgehead atoms. The normalized spacial score (nSPS) is 10.8. The summed E-state index contributed by atoms with van der Waals surface area (Å²) >= 11 is 1.44. The number of para-hydroxylation sites is 1. The van der Waals surface area contributed by atoms with Crippen LogP contribution in [0, 0.1) is 20.8 Å². The van der Waals surface area contributed by atoms with Gasteiger partial charge in [-0.2, -0.15) is 0 Å². The Morgan fingerprint density at radius 2 is 1.81 bits per heavy atom. The number of carbonyl (C=O) groups excluding carboxylic acids is 1. The predicted molar refractivity (Wildman–Crippen MR) is 108 cm³/mol. The summed E-state index contributed by atoms with van der Waals surface area (Å²) in [4.78, 5) is 17.0. The number of pyridine rings is 1. The minimum Gasteiger partial charge on any atom is -0.497 e. The molecule has 0 aliphatic heterocycles. The molecule has 3 aromatic rings. The van der Waals surface area contributed by atoms with Crippen molar-refractivity contribution in [3.63, 3.8) is 0 Å². The van der Waals surface area contributed by atoms with Crippen molar-refractivity contribution in [3.8, 4) is 5.75 Å². The Hall–Kier alpha value is -2.53. The van der Waals surface area contributed by atoms with Crippen LogP contribution in [0.15, 0.2) is 47.5 Å². The summed E-state index contributed by atoms with van der Waals surface area (Å²) in [5, 5.41) is 4.94. The van der Waals surface area contributed by atoms with Gasteiger partial charge in [-0.3, -0.25) is 4.79 Å². The molecule has 1 aromatic heterocycles. The van der Waals surface area contributed by atoms with E-state index in [9.17, 15) is 4.79 Å². The van der Waals surface area contributed by atoms with E-state index in [0.717, 1.165) is 44.1 Å². The van der Waals surface area contributed by atoms with Gasteiger partial charge in [-0.05, 0) is 55.7 Å². The Kier molecular flexibility index (Phi) is 5.47. The molecule has 5 heteroatoms. The van der Waals surface area contributed by atoms with E-state index in [0.29, 0.717) is 5.75 Å². The highest BCUT2D eigenvalue weighted by Crippen LogP contribution is 2.27. The number of anilines is 1. The van der Waals surface area contributed by atoms with E-state index in [2.05, 4.69) is 17.2 Å². The minimum absolute atomic E-state index is 0.0300. The number of amides is 1. The number of fused-ring (bicyclic) bond motifs is 1. The number of rotatable bonds is 5. The first-order valence-corrected chi connectivity index (χ1v) is 9.41. The third-order valence-corrected chi connectivity index (χ3v) is 5.21. The van der Waals surface area contributed by atoms with E-state index in [1.165, 1.54) is 11.8 Å². The van der Waals surface area contributed by atoms with Gasteiger partial charge in [0.1, 0.15) is 5.75 Å². The first-order valence-electron chi connectivity index (χ1n) is 8.42. The van der Waals surface area contributed by atoms with Crippen LogP contribution >= 0.6 is 11.8 Å². The summed E-state index contributed by atoms with van der Waals surface area (Å²) in [6.45, 7) is 6.05. The molecule has 0 atom stereocenters. The van der Waals surface area contributed by atoms with Crippen LogP contribution in [-0.4, -0.2) is 23.8 Å². The largest absolute Gasteiger partial charge is 0.497 e. The van der Waals surface area contributed by atoms with Crippen LogP contribution in [0.2, 0.25) is 0 Å². The number of hydrogen-bond acceptors (Lipinski definition) is 4. The molecule has 0 aliphatic carbocycles. The molecule has 0 aliphatic rings. The third kappa shape index (κ3) is 3.99. The summed E-state index contributed by atoms with van der Waals surface area (Å²) in [6, 6.07) is 13.9. The third-order valence-electron chi connectivity index (χ3n) is 4.30. The van der Waals surface area contributed by atoms with Crippen LogP contribution in [0.5, 0.6) is 5.75 Å². The molecular weight excluding hydrogens is 344 g/mol. The quantitative estimate of drug-likeness (QED) is 0.653. The van der Waals surface area contributed by atoms with Gasteiger partial charge in [0.05, 0.1) is 23.4 Å². The van der Waals surface area contributed by atoms with E-state index in [-0.39, 0.29) is 5.91 Å². The number of hydrogen-bond donors (Lipinski definition) is 1. The van der Waals surface area contributed by atoms with E-state index < -0.39 is 0 Å². The summed E-state index contributed by atoms with van der Waals surface area (Å²) in [7, 11) is 1.64. The van der Waals surface area contributed by atoms with Crippen LogP contribution in [0.3, 0.4) is 0 Å². The van der Waals surface area contributed by atoms with Gasteiger partial charge in [-0.15, -0.1) is 0 Å². The second-order valence-electron chi connectivity index (χ2n) is 6.26. The topological polar surface area (TPSA) is 51.2 Å². The number of aromatic nitrogens is 1. The monoisotopic (exact) mass is 366 g/mol. The first kappa shape index (κ1) is 18.3. The zero-order valence-electron chi connectivity index (χ0n) is 15.4. The average Bonchev–Trinajstić information content (AvgIpc) is 2.62. The number of nitrogens with zero attached hydrogens (tertiary/aromatic N) is 1. The predicted octanol–water partition coefficient (Wildman–Crippen LogP) is 4.90. The van der Waals surface area contributed by atoms with Crippen molar-refractivity contribution >= 4 is 34.3 Å². The SMILES string of the molecule is COc1ccc2c(C)cc(SCC(=O)Nc3c(C)cccc3C)nc2c1. The fraction of sp³-hybridized carbons (Fsp3) is 0.238. The lowest BCUT2D eigenvalue weighted by Gasteiger charge is -2.11. The van der Waals surface area contributed by atoms with Gasteiger partial charge in [0, 0.05) is 17.1 Å². The van der Waals surface area contributed by atoms with E-state index >= 15 is 0 Å². The summed E-state index contributed by atoms with van der Waals surface area (Å²) in [5.41, 5.74) is 5.04. The lowest BCUT2D eigenvalue weighted by Crippen LogP contribution is -2.15. The maximum absolute atomic E-state index is 12.4. The highest BCUT2D eigenvalue weighted by molar-refractivity contribution is 7.99.